The molecule has 0 bridgehead atoms. The van der Waals surface area contributed by atoms with Crippen LogP contribution in [-0.2, 0) is 4.79 Å². The molecule has 0 atom stereocenters. The molecule has 0 radical (unpaired) electrons. The third-order valence-electron chi connectivity index (χ3n) is 3.51. The van der Waals surface area contributed by atoms with Crippen molar-refractivity contribution in [2.24, 2.45) is 5.92 Å². The first-order chi connectivity index (χ1) is 8.27. The summed E-state index contributed by atoms with van der Waals surface area (Å²) in [7, 11) is 0. The zero-order valence-electron chi connectivity index (χ0n) is 10.5. The van der Waals surface area contributed by atoms with Gasteiger partial charge in [0.2, 0.25) is 0 Å². The van der Waals surface area contributed by atoms with Crippen LogP contribution in [0, 0.1) is 5.92 Å². The van der Waals surface area contributed by atoms with Crippen molar-refractivity contribution in [1.82, 2.24) is 0 Å². The fourth-order valence-corrected chi connectivity index (χ4v) is 2.70. The molecule has 1 aliphatic rings. The van der Waals surface area contributed by atoms with Crippen LogP contribution in [0.4, 0.5) is 0 Å². The monoisotopic (exact) mass is 228 g/mol. The Bertz CT molecular complexity index is 397. The van der Waals surface area contributed by atoms with Gasteiger partial charge in [-0.3, -0.25) is 4.79 Å². The first kappa shape index (κ1) is 12.1. The molecule has 1 fully saturated rings. The predicted octanol–water partition coefficient (Wildman–Crippen LogP) is 4.24. The molecule has 1 aliphatic carbocycles. The van der Waals surface area contributed by atoms with Gasteiger partial charge in [0.05, 0.1) is 0 Å². The summed E-state index contributed by atoms with van der Waals surface area (Å²) in [4.78, 5) is 11.4. The predicted molar refractivity (Wildman–Crippen MR) is 71.7 cm³/mol. The summed E-state index contributed by atoms with van der Waals surface area (Å²) in [5.41, 5.74) is 2.47. The highest BCUT2D eigenvalue weighted by Gasteiger charge is 2.19. The number of ketones is 1. The van der Waals surface area contributed by atoms with Crippen LogP contribution in [0.1, 0.15) is 44.6 Å². The maximum absolute atomic E-state index is 11.4. The van der Waals surface area contributed by atoms with E-state index in [0.29, 0.717) is 5.92 Å². The van der Waals surface area contributed by atoms with Gasteiger partial charge < -0.3 is 0 Å². The van der Waals surface area contributed by atoms with Gasteiger partial charge in [0.1, 0.15) is 0 Å². The van der Waals surface area contributed by atoms with Gasteiger partial charge in [-0.15, -0.1) is 0 Å². The molecule has 0 N–H and O–H groups in total. The van der Waals surface area contributed by atoms with Gasteiger partial charge in [0.25, 0.3) is 0 Å². The third-order valence-corrected chi connectivity index (χ3v) is 3.51. The molecular weight excluding hydrogens is 208 g/mol. The highest BCUT2D eigenvalue weighted by molar-refractivity contribution is 5.95. The maximum Gasteiger partial charge on any atom is 0.152 e. The lowest BCUT2D eigenvalue weighted by Gasteiger charge is -2.24. The molecular formula is C16H20O. The number of hydrogen-bond donors (Lipinski definition) is 0. The van der Waals surface area contributed by atoms with E-state index < -0.39 is 0 Å². The van der Waals surface area contributed by atoms with E-state index in [0.717, 1.165) is 0 Å². The molecule has 0 saturated heterocycles. The zero-order valence-corrected chi connectivity index (χ0v) is 10.5. The number of carbonyl (C=O) groups excluding carboxylic acids is 1. The first-order valence-corrected chi connectivity index (χ1v) is 6.55. The summed E-state index contributed by atoms with van der Waals surface area (Å²) in [5.74, 6) is 0.740. The molecule has 0 amide bonds. The van der Waals surface area contributed by atoms with Crippen molar-refractivity contribution in [3.8, 4) is 0 Å². The summed E-state index contributed by atoms with van der Waals surface area (Å²) in [6.45, 7) is 1.64. The lowest BCUT2D eigenvalue weighted by molar-refractivity contribution is -0.112. The standard InChI is InChI=1S/C16H20O/c1-13(17)12-16(14-8-4-2-5-9-14)15-10-6-3-7-11-15/h2,4-5,8-9,12,15H,3,6-7,10-11H2,1H3/b16-12-. The van der Waals surface area contributed by atoms with Crippen molar-refractivity contribution in [2.75, 3.05) is 0 Å². The fraction of sp³-hybridized carbons (Fsp3) is 0.438. The molecule has 17 heavy (non-hydrogen) atoms. The van der Waals surface area contributed by atoms with E-state index in [2.05, 4.69) is 12.1 Å². The van der Waals surface area contributed by atoms with Crippen LogP contribution in [-0.4, -0.2) is 5.78 Å². The molecule has 2 rings (SSSR count). The van der Waals surface area contributed by atoms with Gasteiger partial charge in [0.15, 0.2) is 5.78 Å². The number of allylic oxidation sites excluding steroid dienone is 2. The van der Waals surface area contributed by atoms with Crippen LogP contribution >= 0.6 is 0 Å². The highest BCUT2D eigenvalue weighted by atomic mass is 16.1. The van der Waals surface area contributed by atoms with E-state index >= 15 is 0 Å². The van der Waals surface area contributed by atoms with E-state index in [1.54, 1.807) is 6.92 Å². The quantitative estimate of drug-likeness (QED) is 0.707. The second kappa shape index (κ2) is 5.81. The van der Waals surface area contributed by atoms with E-state index in [9.17, 15) is 4.79 Å². The highest BCUT2D eigenvalue weighted by Crippen LogP contribution is 2.35. The van der Waals surface area contributed by atoms with Gasteiger partial charge in [-0.25, -0.2) is 0 Å². The minimum atomic E-state index is 0.162. The third kappa shape index (κ3) is 3.29. The Morgan fingerprint density at radius 2 is 1.76 bits per heavy atom. The molecule has 0 heterocycles. The van der Waals surface area contributed by atoms with Crippen molar-refractivity contribution in [1.29, 1.82) is 0 Å². The molecule has 1 aromatic rings. The topological polar surface area (TPSA) is 17.1 Å². The largest absolute Gasteiger partial charge is 0.295 e. The maximum atomic E-state index is 11.4. The molecule has 0 spiro atoms. The van der Waals surface area contributed by atoms with Crippen LogP contribution in [0.2, 0.25) is 0 Å². The molecule has 0 aromatic heterocycles. The van der Waals surface area contributed by atoms with Crippen molar-refractivity contribution in [3.05, 3.63) is 42.0 Å². The summed E-state index contributed by atoms with van der Waals surface area (Å²) in [6, 6.07) is 10.3. The van der Waals surface area contributed by atoms with Gasteiger partial charge in [0, 0.05) is 0 Å². The number of benzene rings is 1. The van der Waals surface area contributed by atoms with E-state index in [1.807, 2.05) is 24.3 Å². The lowest BCUT2D eigenvalue weighted by Crippen LogP contribution is -2.09. The van der Waals surface area contributed by atoms with E-state index in [4.69, 9.17) is 0 Å². The Morgan fingerprint density at radius 1 is 1.12 bits per heavy atom. The molecule has 90 valence electrons. The average Bonchev–Trinajstić information content (AvgIpc) is 2.38. The first-order valence-electron chi connectivity index (χ1n) is 6.55. The zero-order chi connectivity index (χ0) is 12.1. The van der Waals surface area contributed by atoms with Gasteiger partial charge >= 0.3 is 0 Å². The summed E-state index contributed by atoms with van der Waals surface area (Å²) < 4.78 is 0. The fourth-order valence-electron chi connectivity index (χ4n) is 2.70. The van der Waals surface area contributed by atoms with Gasteiger partial charge in [-0.1, -0.05) is 49.6 Å². The number of hydrogen-bond acceptors (Lipinski definition) is 1. The van der Waals surface area contributed by atoms with Crippen molar-refractivity contribution in [2.45, 2.75) is 39.0 Å². The Kier molecular flexibility index (Phi) is 4.13. The van der Waals surface area contributed by atoms with Gasteiger partial charge in [-0.2, -0.15) is 0 Å². The molecule has 1 aromatic carbocycles. The minimum Gasteiger partial charge on any atom is -0.295 e. The molecule has 1 nitrogen and oxygen atoms in total. The van der Waals surface area contributed by atoms with Crippen LogP contribution in [0.3, 0.4) is 0 Å². The van der Waals surface area contributed by atoms with Crippen LogP contribution in [0.25, 0.3) is 5.57 Å². The molecule has 1 heteroatoms. The lowest BCUT2D eigenvalue weighted by atomic mass is 9.80. The smallest absolute Gasteiger partial charge is 0.152 e. The Morgan fingerprint density at radius 3 is 2.35 bits per heavy atom. The minimum absolute atomic E-state index is 0.162. The van der Waals surface area contributed by atoms with Crippen molar-refractivity contribution in [3.63, 3.8) is 0 Å². The van der Waals surface area contributed by atoms with Gasteiger partial charge in [-0.05, 0) is 42.9 Å². The second-order valence-electron chi connectivity index (χ2n) is 4.91. The summed E-state index contributed by atoms with van der Waals surface area (Å²) in [5, 5.41) is 0. The summed E-state index contributed by atoms with van der Waals surface area (Å²) in [6.07, 6.45) is 8.24. The van der Waals surface area contributed by atoms with Crippen LogP contribution in [0.15, 0.2) is 36.4 Å². The SMILES string of the molecule is CC(=O)/C=C(/c1ccccc1)C1CCCCC1. The number of rotatable bonds is 3. The van der Waals surface area contributed by atoms with E-state index in [1.165, 1.54) is 43.2 Å². The number of carbonyl (C=O) groups is 1. The Labute approximate surface area is 104 Å². The average molecular weight is 228 g/mol. The summed E-state index contributed by atoms with van der Waals surface area (Å²) >= 11 is 0. The molecule has 0 unspecified atom stereocenters. The molecule has 1 saturated carbocycles. The normalized spacial score (nSPS) is 18.1. The van der Waals surface area contributed by atoms with Crippen LogP contribution in [0.5, 0.6) is 0 Å². The Balaban J connectivity index is 2.28. The van der Waals surface area contributed by atoms with E-state index in [-0.39, 0.29) is 5.78 Å². The van der Waals surface area contributed by atoms with Crippen LogP contribution < -0.4 is 0 Å². The molecule has 0 aliphatic heterocycles. The van der Waals surface area contributed by atoms with Crippen molar-refractivity contribution >= 4 is 11.4 Å². The Hall–Kier alpha value is -1.37. The van der Waals surface area contributed by atoms with Crippen molar-refractivity contribution < 1.29 is 4.79 Å². The second-order valence-corrected chi connectivity index (χ2v) is 4.91.